The molecule has 6 nitrogen and oxygen atoms in total. The maximum atomic E-state index is 13.5. The number of nitrogens with one attached hydrogen (secondary N) is 1. The van der Waals surface area contributed by atoms with Gasteiger partial charge in [-0.1, -0.05) is 12.1 Å². The van der Waals surface area contributed by atoms with E-state index in [1.54, 1.807) is 0 Å². The van der Waals surface area contributed by atoms with E-state index in [0.717, 1.165) is 6.07 Å². The van der Waals surface area contributed by atoms with Crippen LogP contribution in [0.2, 0.25) is 0 Å². The molecule has 0 aliphatic heterocycles. The SMILES string of the molecule is O=[N+]([O-])c1cc(NCc2cccc(O)c2O)c(F)cc1F. The Morgan fingerprint density at radius 2 is 1.90 bits per heavy atom. The summed E-state index contributed by atoms with van der Waals surface area (Å²) in [6.45, 7) is -0.111. The first-order valence-corrected chi connectivity index (χ1v) is 5.77. The van der Waals surface area contributed by atoms with Gasteiger partial charge in [-0.05, 0) is 6.07 Å². The maximum absolute atomic E-state index is 13.5. The summed E-state index contributed by atoms with van der Waals surface area (Å²) in [5, 5.41) is 32.0. The lowest BCUT2D eigenvalue weighted by molar-refractivity contribution is -0.387. The summed E-state index contributed by atoms with van der Waals surface area (Å²) in [4.78, 5) is 9.63. The molecule has 0 amide bonds. The van der Waals surface area contributed by atoms with Gasteiger partial charge in [0.05, 0.1) is 10.6 Å². The number of rotatable bonds is 4. The van der Waals surface area contributed by atoms with Gasteiger partial charge < -0.3 is 15.5 Å². The lowest BCUT2D eigenvalue weighted by Crippen LogP contribution is -2.04. The molecule has 8 heteroatoms. The molecule has 0 aromatic heterocycles. The molecular formula is C13H10F2N2O4. The van der Waals surface area contributed by atoms with Crippen LogP contribution in [0.15, 0.2) is 30.3 Å². The second-order valence-electron chi connectivity index (χ2n) is 4.18. The number of phenolic OH excluding ortho intramolecular Hbond substituents is 2. The van der Waals surface area contributed by atoms with Gasteiger partial charge in [0.25, 0.3) is 0 Å². The van der Waals surface area contributed by atoms with E-state index in [9.17, 15) is 29.1 Å². The minimum atomic E-state index is -1.27. The molecule has 0 spiro atoms. The second kappa shape index (κ2) is 5.61. The average Bonchev–Trinajstić information content (AvgIpc) is 2.41. The number of phenols is 2. The molecule has 0 unspecified atom stereocenters. The van der Waals surface area contributed by atoms with E-state index in [4.69, 9.17) is 0 Å². The first kappa shape index (κ1) is 14.5. The summed E-state index contributed by atoms with van der Waals surface area (Å²) >= 11 is 0. The number of nitrogens with zero attached hydrogens (tertiary/aromatic N) is 1. The van der Waals surface area contributed by atoms with Crippen LogP contribution < -0.4 is 5.32 Å². The van der Waals surface area contributed by atoms with Crippen LogP contribution >= 0.6 is 0 Å². The monoisotopic (exact) mass is 296 g/mol. The first-order chi connectivity index (χ1) is 9.90. The van der Waals surface area contributed by atoms with Crippen LogP contribution in [0.1, 0.15) is 5.56 Å². The van der Waals surface area contributed by atoms with Crippen molar-refractivity contribution >= 4 is 11.4 Å². The number of para-hydroxylation sites is 1. The van der Waals surface area contributed by atoms with Crippen LogP contribution in [-0.4, -0.2) is 15.1 Å². The topological polar surface area (TPSA) is 95.6 Å². The fraction of sp³-hybridized carbons (Fsp3) is 0.0769. The van der Waals surface area contributed by atoms with Crippen molar-refractivity contribution in [2.24, 2.45) is 0 Å². The molecule has 2 aromatic rings. The average molecular weight is 296 g/mol. The molecule has 3 N–H and O–H groups in total. The molecule has 0 atom stereocenters. The number of nitro groups is 1. The van der Waals surface area contributed by atoms with Crippen molar-refractivity contribution in [3.8, 4) is 11.5 Å². The Balaban J connectivity index is 2.26. The quantitative estimate of drug-likeness (QED) is 0.458. The Kier molecular flexibility index (Phi) is 3.88. The Morgan fingerprint density at radius 3 is 2.57 bits per heavy atom. The minimum Gasteiger partial charge on any atom is -0.504 e. The highest BCUT2D eigenvalue weighted by molar-refractivity contribution is 5.54. The number of anilines is 1. The third kappa shape index (κ3) is 2.99. The molecule has 0 bridgehead atoms. The van der Waals surface area contributed by atoms with Gasteiger partial charge in [0, 0.05) is 24.2 Å². The number of hydrogen-bond donors (Lipinski definition) is 3. The van der Waals surface area contributed by atoms with Crippen LogP contribution in [0, 0.1) is 21.7 Å². The fourth-order valence-electron chi connectivity index (χ4n) is 1.72. The standard InChI is InChI=1S/C13H10F2N2O4/c14-8-4-9(15)11(17(20)21)5-10(8)16-6-7-2-1-3-12(18)13(7)19/h1-5,16,18-19H,6H2. The zero-order valence-corrected chi connectivity index (χ0v) is 10.5. The van der Waals surface area contributed by atoms with E-state index in [-0.39, 0.29) is 29.3 Å². The molecule has 110 valence electrons. The summed E-state index contributed by atoms with van der Waals surface area (Å²) in [6, 6.07) is 5.34. The van der Waals surface area contributed by atoms with E-state index < -0.39 is 22.2 Å². The van der Waals surface area contributed by atoms with Gasteiger partial charge in [-0.3, -0.25) is 10.1 Å². The molecule has 0 aliphatic rings. The normalized spacial score (nSPS) is 10.4. The zero-order valence-electron chi connectivity index (χ0n) is 10.5. The Bertz CT molecular complexity index is 707. The van der Waals surface area contributed by atoms with Crippen molar-refractivity contribution in [3.63, 3.8) is 0 Å². The number of nitro benzene ring substituents is 1. The fourth-order valence-corrected chi connectivity index (χ4v) is 1.72. The zero-order chi connectivity index (χ0) is 15.6. The van der Waals surface area contributed by atoms with Crippen molar-refractivity contribution < 1.29 is 23.9 Å². The van der Waals surface area contributed by atoms with E-state index >= 15 is 0 Å². The lowest BCUT2D eigenvalue weighted by Gasteiger charge is -2.10. The highest BCUT2D eigenvalue weighted by atomic mass is 19.1. The van der Waals surface area contributed by atoms with Crippen LogP contribution in [-0.2, 0) is 6.54 Å². The van der Waals surface area contributed by atoms with Crippen molar-refractivity contribution in [3.05, 3.63) is 57.6 Å². The third-order valence-electron chi connectivity index (χ3n) is 2.80. The van der Waals surface area contributed by atoms with Crippen LogP contribution in [0.5, 0.6) is 11.5 Å². The van der Waals surface area contributed by atoms with Crippen LogP contribution in [0.25, 0.3) is 0 Å². The van der Waals surface area contributed by atoms with Crippen molar-refractivity contribution in [2.45, 2.75) is 6.54 Å². The number of hydrogen-bond acceptors (Lipinski definition) is 5. The van der Waals surface area contributed by atoms with E-state index in [2.05, 4.69) is 5.32 Å². The second-order valence-corrected chi connectivity index (χ2v) is 4.18. The highest BCUT2D eigenvalue weighted by Gasteiger charge is 2.18. The van der Waals surface area contributed by atoms with Crippen LogP contribution in [0.4, 0.5) is 20.2 Å². The summed E-state index contributed by atoms with van der Waals surface area (Å²) in [7, 11) is 0. The highest BCUT2D eigenvalue weighted by Crippen LogP contribution is 2.30. The summed E-state index contributed by atoms with van der Waals surface area (Å²) in [5.74, 6) is -3.01. The molecule has 0 heterocycles. The summed E-state index contributed by atoms with van der Waals surface area (Å²) in [5.41, 5.74) is -0.897. The van der Waals surface area contributed by atoms with Crippen LogP contribution in [0.3, 0.4) is 0 Å². The first-order valence-electron chi connectivity index (χ1n) is 5.77. The van der Waals surface area contributed by atoms with E-state index in [1.165, 1.54) is 18.2 Å². The molecule has 0 fully saturated rings. The van der Waals surface area contributed by atoms with E-state index in [0.29, 0.717) is 6.07 Å². The van der Waals surface area contributed by atoms with Gasteiger partial charge in [0.1, 0.15) is 5.82 Å². The molecule has 0 saturated carbocycles. The van der Waals surface area contributed by atoms with Gasteiger partial charge >= 0.3 is 5.69 Å². The van der Waals surface area contributed by atoms with E-state index in [1.807, 2.05) is 0 Å². The minimum absolute atomic E-state index is 0.111. The van der Waals surface area contributed by atoms with Crippen molar-refractivity contribution in [1.29, 1.82) is 0 Å². The predicted octanol–water partition coefficient (Wildman–Crippen LogP) is 2.90. The largest absolute Gasteiger partial charge is 0.504 e. The van der Waals surface area contributed by atoms with Gasteiger partial charge in [-0.25, -0.2) is 4.39 Å². The number of aromatic hydroxyl groups is 2. The Morgan fingerprint density at radius 1 is 1.19 bits per heavy atom. The molecule has 0 saturated heterocycles. The smallest absolute Gasteiger partial charge is 0.307 e. The Hall–Kier alpha value is -2.90. The summed E-state index contributed by atoms with van der Waals surface area (Å²) in [6.07, 6.45) is 0. The lowest BCUT2D eigenvalue weighted by atomic mass is 10.1. The Labute approximate surface area is 117 Å². The number of benzene rings is 2. The van der Waals surface area contributed by atoms with Gasteiger partial charge in [0.15, 0.2) is 11.5 Å². The molecule has 21 heavy (non-hydrogen) atoms. The van der Waals surface area contributed by atoms with Gasteiger partial charge in [-0.15, -0.1) is 0 Å². The van der Waals surface area contributed by atoms with Crippen molar-refractivity contribution in [2.75, 3.05) is 5.32 Å². The molecule has 2 aromatic carbocycles. The third-order valence-corrected chi connectivity index (χ3v) is 2.80. The molecular weight excluding hydrogens is 286 g/mol. The van der Waals surface area contributed by atoms with Gasteiger partial charge in [-0.2, -0.15) is 4.39 Å². The number of halogens is 2. The molecule has 2 rings (SSSR count). The molecule has 0 radical (unpaired) electrons. The molecule has 0 aliphatic carbocycles. The van der Waals surface area contributed by atoms with Crippen molar-refractivity contribution in [1.82, 2.24) is 0 Å². The predicted molar refractivity (Wildman–Crippen MR) is 70.1 cm³/mol. The summed E-state index contributed by atoms with van der Waals surface area (Å²) < 4.78 is 26.7. The maximum Gasteiger partial charge on any atom is 0.307 e. The van der Waals surface area contributed by atoms with Gasteiger partial charge in [0.2, 0.25) is 5.82 Å².